The maximum Gasteiger partial charge on any atom is 0.148 e. The summed E-state index contributed by atoms with van der Waals surface area (Å²) in [6.45, 7) is 0. The van der Waals surface area contributed by atoms with Crippen LogP contribution in [0.2, 0.25) is 0 Å². The van der Waals surface area contributed by atoms with E-state index in [4.69, 9.17) is 9.47 Å². The fraction of sp³-hybridized carbons (Fsp3) is 0.625. The van der Waals surface area contributed by atoms with Crippen LogP contribution in [-0.2, 0) is 4.74 Å². The van der Waals surface area contributed by atoms with Crippen LogP contribution in [0.3, 0.4) is 0 Å². The maximum absolute atomic E-state index is 6.62. The number of nitrogens with one attached hydrogen (secondary N) is 1. The Kier molecular flexibility index (Phi) is 10.4. The van der Waals surface area contributed by atoms with Gasteiger partial charge in [0.1, 0.15) is 178 Å². The summed E-state index contributed by atoms with van der Waals surface area (Å²) in [6.07, 6.45) is 0. The van der Waals surface area contributed by atoms with Crippen LogP contribution in [0.25, 0.3) is 0 Å². The van der Waals surface area contributed by atoms with Crippen LogP contribution in [0, 0.1) is 0 Å². The average Bonchev–Trinajstić information content (AvgIpc) is 2.69. The highest BCUT2D eigenvalue weighted by molar-refractivity contribution is 6.65. The number of hydrogen-bond donors (Lipinski definition) is 1. The quantitative estimate of drug-likeness (QED) is 0.292. The van der Waals surface area contributed by atoms with E-state index >= 15 is 0 Å². The Bertz CT molecular complexity index is 1130. The fourth-order valence-electron chi connectivity index (χ4n) is 7.87. The van der Waals surface area contributed by atoms with Gasteiger partial charge in [-0.25, -0.2) is 0 Å². The average molecular weight is 553 g/mol. The summed E-state index contributed by atoms with van der Waals surface area (Å²) >= 11 is 0. The Hall–Kier alpha value is 0.129. The predicted octanol–water partition coefficient (Wildman–Crippen LogP) is -21.8. The molecule has 1 fully saturated rings. The van der Waals surface area contributed by atoms with Crippen molar-refractivity contribution in [3.63, 3.8) is 0 Å². The molecule has 1 heterocycles. The van der Waals surface area contributed by atoms with Gasteiger partial charge in [-0.3, -0.25) is 0 Å². The molecule has 2 rings (SSSR count). The first kappa shape index (κ1) is 39.3. The van der Waals surface area contributed by atoms with E-state index in [0.717, 1.165) is 5.75 Å². The third-order valence-electron chi connectivity index (χ3n) is 11.5. The minimum atomic E-state index is -0.532. The van der Waals surface area contributed by atoms with Crippen molar-refractivity contribution in [2.24, 2.45) is 0 Å². The standard InChI is InChI=1S/C16H49B22N3O2/c17-7(18,39-15(33,34)35)8(19,20)41-11(25,26)9(21,22)40(10(23,24)12(41,27)28)5-1-3-6(4-2-5)42-13(29,30)14(31,32)43-16(36,37)38/h1-4,39H,17-38H2. The number of hydrogen-bond acceptors (Lipinski definition) is 5. The zero-order chi connectivity index (χ0) is 34.3. The van der Waals surface area contributed by atoms with Gasteiger partial charge in [0.05, 0.1) is 5.40 Å². The minimum absolute atomic E-state index is 0.00558. The zero-order valence-corrected chi connectivity index (χ0v) is 32.5. The van der Waals surface area contributed by atoms with E-state index in [-0.39, 0.29) is 42.6 Å². The number of anilines is 1. The van der Waals surface area contributed by atoms with Gasteiger partial charge in [0.15, 0.2) is 0 Å². The number of nitrogens with zero attached hydrogens (tertiary/aromatic N) is 2. The SMILES string of the molecule is BC(B)(B)NC(B)(B)C(B)(B)N1C(B)(B)C(B)(B)N(c2ccc(OC(B)(B)C(B)(B)OC(B)(B)B)cc2)C(B)(B)C1(B)B. The van der Waals surface area contributed by atoms with Gasteiger partial charge in [-0.1, -0.05) is 5.24 Å². The van der Waals surface area contributed by atoms with E-state index in [1.54, 1.807) is 0 Å². The molecule has 0 amide bonds. The largest absolute Gasteiger partial charge is 0.504 e. The molecule has 43 heavy (non-hydrogen) atoms. The number of ether oxygens (including phenoxy) is 2. The lowest BCUT2D eigenvalue weighted by Gasteiger charge is -2.79. The molecule has 0 atom stereocenters. The minimum Gasteiger partial charge on any atom is -0.504 e. The molecule has 5 nitrogen and oxygen atoms in total. The maximum atomic E-state index is 6.62. The summed E-state index contributed by atoms with van der Waals surface area (Å²) in [4.78, 5) is 5.48. The number of benzene rings is 1. The second kappa shape index (κ2) is 11.4. The molecule has 0 aromatic heterocycles. The topological polar surface area (TPSA) is 37.0 Å². The molecule has 1 aliphatic heterocycles. The first-order valence-electron chi connectivity index (χ1n) is 16.5. The Morgan fingerprint density at radius 2 is 0.953 bits per heavy atom. The van der Waals surface area contributed by atoms with Crippen molar-refractivity contribution in [2.75, 3.05) is 4.90 Å². The third-order valence-corrected chi connectivity index (χ3v) is 11.5. The van der Waals surface area contributed by atoms with Crippen molar-refractivity contribution in [3.8, 4) is 5.75 Å². The molecule has 0 bridgehead atoms. The Balaban J connectivity index is 2.60. The highest BCUT2D eigenvalue weighted by Gasteiger charge is 2.65. The van der Waals surface area contributed by atoms with Gasteiger partial charge >= 0.3 is 0 Å². The molecular weight excluding hydrogens is 504 g/mol. The van der Waals surface area contributed by atoms with Gasteiger partial charge in [-0.2, -0.15) is 0 Å². The molecule has 0 spiro atoms. The lowest BCUT2D eigenvalue weighted by atomic mass is 9.23. The smallest absolute Gasteiger partial charge is 0.148 e. The normalized spacial score (nSPS) is 21.1. The molecule has 0 radical (unpaired) electrons. The van der Waals surface area contributed by atoms with Crippen LogP contribution in [0.5, 0.6) is 5.75 Å². The Morgan fingerprint density at radius 1 is 0.558 bits per heavy atom. The van der Waals surface area contributed by atoms with Gasteiger partial charge in [0.2, 0.25) is 0 Å². The molecule has 0 saturated carbocycles. The molecule has 1 aromatic rings. The van der Waals surface area contributed by atoms with E-state index in [2.05, 4.69) is 212 Å². The van der Waals surface area contributed by atoms with Crippen molar-refractivity contribution in [1.29, 1.82) is 0 Å². The molecule has 1 N–H and O–H groups in total. The summed E-state index contributed by atoms with van der Waals surface area (Å²) in [5.74, 6) is 0.850. The van der Waals surface area contributed by atoms with Crippen LogP contribution in [-0.4, -0.2) is 231 Å². The summed E-state index contributed by atoms with van der Waals surface area (Å²) in [5.41, 5.74) is 1.20. The molecule has 27 heteroatoms. The summed E-state index contributed by atoms with van der Waals surface area (Å²) < 4.78 is 13.0. The predicted molar refractivity (Wildman–Crippen MR) is 251 cm³/mol. The van der Waals surface area contributed by atoms with Crippen molar-refractivity contribution in [1.82, 2.24) is 10.2 Å². The van der Waals surface area contributed by atoms with Gasteiger partial charge in [0, 0.05) is 11.1 Å². The summed E-state index contributed by atoms with van der Waals surface area (Å²) in [7, 11) is 50.5. The van der Waals surface area contributed by atoms with Crippen LogP contribution in [0.4, 0.5) is 5.69 Å². The Labute approximate surface area is 285 Å². The van der Waals surface area contributed by atoms with E-state index in [1.807, 2.05) is 0 Å². The second-order valence-electron chi connectivity index (χ2n) is 19.3. The highest BCUT2D eigenvalue weighted by Crippen LogP contribution is 2.48. The number of rotatable bonds is 10. The molecule has 0 aliphatic carbocycles. The fourth-order valence-corrected chi connectivity index (χ4v) is 7.87. The molecule has 1 saturated heterocycles. The first-order valence-corrected chi connectivity index (χ1v) is 16.5. The van der Waals surface area contributed by atoms with Crippen molar-refractivity contribution < 1.29 is 9.47 Å². The third kappa shape index (κ3) is 7.19. The summed E-state index contributed by atoms with van der Waals surface area (Å²) in [6, 6.07) is 8.74. The molecule has 206 valence electrons. The van der Waals surface area contributed by atoms with Crippen molar-refractivity contribution in [2.45, 2.75) is 53.4 Å². The molecule has 1 aromatic carbocycles. The zero-order valence-electron chi connectivity index (χ0n) is 32.5. The molecule has 1 aliphatic rings. The first-order chi connectivity index (χ1) is 18.6. The van der Waals surface area contributed by atoms with E-state index in [1.165, 1.54) is 5.69 Å². The van der Waals surface area contributed by atoms with Gasteiger partial charge < -0.3 is 24.6 Å². The van der Waals surface area contributed by atoms with Gasteiger partial charge in [-0.15, -0.1) is 0 Å². The monoisotopic (exact) mass is 558 g/mol. The van der Waals surface area contributed by atoms with Crippen LogP contribution < -0.4 is 15.0 Å². The van der Waals surface area contributed by atoms with Crippen molar-refractivity contribution in [3.05, 3.63) is 24.3 Å². The highest BCUT2D eigenvalue weighted by atomic mass is 16.6. The second-order valence-corrected chi connectivity index (χ2v) is 19.3. The van der Waals surface area contributed by atoms with E-state index in [0.29, 0.717) is 0 Å². The van der Waals surface area contributed by atoms with E-state index in [9.17, 15) is 0 Å². The van der Waals surface area contributed by atoms with Gasteiger partial charge in [0.25, 0.3) is 0 Å². The van der Waals surface area contributed by atoms with Crippen LogP contribution in [0.1, 0.15) is 0 Å². The molecule has 0 unspecified atom stereocenters. The Morgan fingerprint density at radius 3 is 1.30 bits per heavy atom. The summed E-state index contributed by atoms with van der Waals surface area (Å²) in [5, 5.41) is 1.52. The van der Waals surface area contributed by atoms with Crippen LogP contribution in [0.15, 0.2) is 24.3 Å². The van der Waals surface area contributed by atoms with Crippen LogP contribution >= 0.6 is 0 Å². The van der Waals surface area contributed by atoms with E-state index < -0.39 is 10.8 Å². The lowest BCUT2D eigenvalue weighted by molar-refractivity contribution is 0.00241. The lowest BCUT2D eigenvalue weighted by Crippen LogP contribution is -2.97. The number of piperazine rings is 1. The van der Waals surface area contributed by atoms with Gasteiger partial charge in [-0.05, 0) is 61.6 Å². The molecular formula is C16H49B22N3O2. The van der Waals surface area contributed by atoms with Crippen molar-refractivity contribution >= 4 is 178 Å².